The highest BCUT2D eigenvalue weighted by Gasteiger charge is 2.29. The molecule has 0 spiro atoms. The fraction of sp³-hybridized carbons (Fsp3) is 0.500. The maximum atomic E-state index is 12.6. The molecule has 1 N–H and O–H groups in total. The fourth-order valence-electron chi connectivity index (χ4n) is 2.71. The number of likely N-dealkylation sites (tertiary alicyclic amines) is 1. The van der Waals surface area contributed by atoms with Crippen LogP contribution in [-0.2, 0) is 19.6 Å². The second-order valence-electron chi connectivity index (χ2n) is 5.89. The van der Waals surface area contributed by atoms with Crippen LogP contribution in [0.2, 0.25) is 5.02 Å². The van der Waals surface area contributed by atoms with E-state index in [0.717, 1.165) is 6.26 Å². The van der Waals surface area contributed by atoms with Crippen LogP contribution in [0.1, 0.15) is 30.1 Å². The van der Waals surface area contributed by atoms with Gasteiger partial charge in [0.15, 0.2) is 0 Å². The quantitative estimate of drug-likeness (QED) is 0.780. The molecule has 0 atom stereocenters. The first-order chi connectivity index (χ1) is 11.7. The summed E-state index contributed by atoms with van der Waals surface area (Å²) >= 11 is 6.14. The summed E-state index contributed by atoms with van der Waals surface area (Å²) in [5.41, 5.74) is 0.598. The predicted molar refractivity (Wildman–Crippen MR) is 95.2 cm³/mol. The Morgan fingerprint density at radius 1 is 1.32 bits per heavy atom. The molecule has 9 heteroatoms. The summed E-state index contributed by atoms with van der Waals surface area (Å²) < 4.78 is 29.8. The molecule has 25 heavy (non-hydrogen) atoms. The van der Waals surface area contributed by atoms with Gasteiger partial charge in [0.1, 0.15) is 0 Å². The Morgan fingerprint density at radius 2 is 1.96 bits per heavy atom. The predicted octanol–water partition coefficient (Wildman–Crippen LogP) is 2.13. The monoisotopic (exact) mass is 388 g/mol. The van der Waals surface area contributed by atoms with Gasteiger partial charge >= 0.3 is 5.97 Å². The molecule has 1 saturated heterocycles. The number of piperidine rings is 1. The molecule has 1 amide bonds. The van der Waals surface area contributed by atoms with E-state index in [1.807, 2.05) is 0 Å². The number of amides is 1. The van der Waals surface area contributed by atoms with Crippen LogP contribution < -0.4 is 4.72 Å². The number of benzene rings is 1. The molecular formula is C16H21ClN2O5S. The van der Waals surface area contributed by atoms with Crippen molar-refractivity contribution in [1.29, 1.82) is 0 Å². The molecule has 138 valence electrons. The molecule has 1 aliphatic rings. The highest BCUT2D eigenvalue weighted by molar-refractivity contribution is 7.92. The Bertz CT molecular complexity index is 758. The molecule has 1 aliphatic heterocycles. The number of esters is 1. The van der Waals surface area contributed by atoms with Crippen molar-refractivity contribution in [2.45, 2.75) is 19.8 Å². The number of hydrogen-bond acceptors (Lipinski definition) is 5. The van der Waals surface area contributed by atoms with Gasteiger partial charge in [-0.15, -0.1) is 0 Å². The summed E-state index contributed by atoms with van der Waals surface area (Å²) in [7, 11) is -3.41. The first-order valence-corrected chi connectivity index (χ1v) is 10.2. The number of rotatable bonds is 5. The zero-order chi connectivity index (χ0) is 18.6. The number of anilines is 1. The molecule has 2 rings (SSSR count). The standard InChI is InChI=1S/C16H21ClN2O5S/c1-3-24-16(21)11-6-8-19(9-7-11)15(20)13-5-4-12(10-14(13)17)18-25(2,22)23/h4-5,10-11,18H,3,6-9H2,1-2H3. The second-order valence-corrected chi connectivity index (χ2v) is 8.04. The van der Waals surface area contributed by atoms with Gasteiger partial charge in [-0.3, -0.25) is 14.3 Å². The van der Waals surface area contributed by atoms with Crippen LogP contribution in [-0.4, -0.2) is 51.1 Å². The normalized spacial score (nSPS) is 15.7. The first-order valence-electron chi connectivity index (χ1n) is 7.94. The van der Waals surface area contributed by atoms with Crippen LogP contribution in [0, 0.1) is 5.92 Å². The number of carbonyl (C=O) groups is 2. The Morgan fingerprint density at radius 3 is 2.48 bits per heavy atom. The fourth-order valence-corrected chi connectivity index (χ4v) is 3.53. The summed E-state index contributed by atoms with van der Waals surface area (Å²) in [6.45, 7) is 3.01. The molecule has 1 aromatic rings. The van der Waals surface area contributed by atoms with Crippen LogP contribution in [0.3, 0.4) is 0 Å². The molecule has 0 aliphatic carbocycles. The minimum Gasteiger partial charge on any atom is -0.466 e. The van der Waals surface area contributed by atoms with Crippen LogP contribution in [0.5, 0.6) is 0 Å². The number of hydrogen-bond donors (Lipinski definition) is 1. The summed E-state index contributed by atoms with van der Waals surface area (Å²) in [5.74, 6) is -0.636. The number of sulfonamides is 1. The van der Waals surface area contributed by atoms with Crippen molar-refractivity contribution < 1.29 is 22.7 Å². The van der Waals surface area contributed by atoms with E-state index in [9.17, 15) is 18.0 Å². The van der Waals surface area contributed by atoms with E-state index in [2.05, 4.69) is 4.72 Å². The number of nitrogens with one attached hydrogen (secondary N) is 1. The summed E-state index contributed by atoms with van der Waals surface area (Å²) in [4.78, 5) is 26.0. The topological polar surface area (TPSA) is 92.8 Å². The maximum Gasteiger partial charge on any atom is 0.309 e. The maximum absolute atomic E-state index is 12.6. The zero-order valence-electron chi connectivity index (χ0n) is 14.1. The highest BCUT2D eigenvalue weighted by atomic mass is 35.5. The van der Waals surface area contributed by atoms with Gasteiger partial charge in [-0.05, 0) is 38.0 Å². The Hall–Kier alpha value is -1.80. The van der Waals surface area contributed by atoms with E-state index in [1.165, 1.54) is 18.2 Å². The number of nitrogens with zero attached hydrogens (tertiary/aromatic N) is 1. The van der Waals surface area contributed by atoms with Crippen LogP contribution >= 0.6 is 11.6 Å². The Labute approximate surface area is 152 Å². The Kier molecular flexibility index (Phi) is 6.29. The number of halogens is 1. The number of carbonyl (C=O) groups excluding carboxylic acids is 2. The van der Waals surface area contributed by atoms with E-state index in [0.29, 0.717) is 43.8 Å². The SMILES string of the molecule is CCOC(=O)C1CCN(C(=O)c2ccc(NS(C)(=O)=O)cc2Cl)CC1. The van der Waals surface area contributed by atoms with Crippen molar-refractivity contribution in [1.82, 2.24) is 4.90 Å². The summed E-state index contributed by atoms with van der Waals surface area (Å²) in [6.07, 6.45) is 2.14. The lowest BCUT2D eigenvalue weighted by atomic mass is 9.96. The van der Waals surface area contributed by atoms with E-state index < -0.39 is 10.0 Å². The third-order valence-corrected chi connectivity index (χ3v) is 4.82. The molecule has 0 radical (unpaired) electrons. The smallest absolute Gasteiger partial charge is 0.309 e. The molecule has 0 bridgehead atoms. The third kappa shape index (κ3) is 5.34. The molecule has 0 saturated carbocycles. The highest BCUT2D eigenvalue weighted by Crippen LogP contribution is 2.25. The van der Waals surface area contributed by atoms with E-state index in [-0.39, 0.29) is 22.8 Å². The molecule has 1 aromatic carbocycles. The largest absolute Gasteiger partial charge is 0.466 e. The van der Waals surface area contributed by atoms with Crippen molar-refractivity contribution in [3.05, 3.63) is 28.8 Å². The van der Waals surface area contributed by atoms with Gasteiger partial charge in [-0.2, -0.15) is 0 Å². The van der Waals surface area contributed by atoms with Crippen LogP contribution in [0.25, 0.3) is 0 Å². The van der Waals surface area contributed by atoms with Crippen molar-refractivity contribution in [3.8, 4) is 0 Å². The molecule has 0 unspecified atom stereocenters. The van der Waals surface area contributed by atoms with Crippen LogP contribution in [0.15, 0.2) is 18.2 Å². The van der Waals surface area contributed by atoms with Crippen molar-refractivity contribution >= 4 is 39.2 Å². The Balaban J connectivity index is 2.03. The minimum atomic E-state index is -3.41. The lowest BCUT2D eigenvalue weighted by Crippen LogP contribution is -2.40. The van der Waals surface area contributed by atoms with E-state index in [1.54, 1.807) is 11.8 Å². The van der Waals surface area contributed by atoms with Gasteiger partial charge in [0.25, 0.3) is 5.91 Å². The van der Waals surface area contributed by atoms with Gasteiger partial charge in [-0.25, -0.2) is 8.42 Å². The summed E-state index contributed by atoms with van der Waals surface area (Å²) in [5, 5.41) is 0.172. The average molecular weight is 389 g/mol. The van der Waals surface area contributed by atoms with Gasteiger partial charge in [-0.1, -0.05) is 11.6 Å². The molecule has 7 nitrogen and oxygen atoms in total. The first kappa shape index (κ1) is 19.5. The van der Waals surface area contributed by atoms with E-state index >= 15 is 0 Å². The average Bonchev–Trinajstić information content (AvgIpc) is 2.53. The van der Waals surface area contributed by atoms with E-state index in [4.69, 9.17) is 16.3 Å². The zero-order valence-corrected chi connectivity index (χ0v) is 15.7. The van der Waals surface area contributed by atoms with Gasteiger partial charge in [0.05, 0.1) is 29.4 Å². The third-order valence-electron chi connectivity index (χ3n) is 3.90. The molecule has 1 fully saturated rings. The second kappa shape index (κ2) is 8.05. The number of ether oxygens (including phenoxy) is 1. The molecular weight excluding hydrogens is 368 g/mol. The van der Waals surface area contributed by atoms with Crippen molar-refractivity contribution in [2.24, 2.45) is 5.92 Å². The van der Waals surface area contributed by atoms with Gasteiger partial charge in [0, 0.05) is 18.8 Å². The van der Waals surface area contributed by atoms with Gasteiger partial charge in [0.2, 0.25) is 10.0 Å². The van der Waals surface area contributed by atoms with Crippen LogP contribution in [0.4, 0.5) is 5.69 Å². The molecule has 0 aromatic heterocycles. The lowest BCUT2D eigenvalue weighted by molar-refractivity contribution is -0.149. The van der Waals surface area contributed by atoms with Crippen molar-refractivity contribution in [3.63, 3.8) is 0 Å². The summed E-state index contributed by atoms with van der Waals surface area (Å²) in [6, 6.07) is 4.39. The van der Waals surface area contributed by atoms with Gasteiger partial charge < -0.3 is 9.64 Å². The minimum absolute atomic E-state index is 0.172. The lowest BCUT2D eigenvalue weighted by Gasteiger charge is -2.31. The van der Waals surface area contributed by atoms with Crippen molar-refractivity contribution in [2.75, 3.05) is 30.7 Å². The molecule has 1 heterocycles.